The highest BCUT2D eigenvalue weighted by atomic mass is 16.6. The van der Waals surface area contributed by atoms with E-state index >= 15 is 0 Å². The zero-order valence-electron chi connectivity index (χ0n) is 43.3. The Labute approximate surface area is 403 Å². The van der Waals surface area contributed by atoms with Crippen molar-refractivity contribution >= 4 is 17.9 Å². The molecule has 0 radical (unpaired) electrons. The van der Waals surface area contributed by atoms with Crippen molar-refractivity contribution in [2.24, 2.45) is 0 Å². The van der Waals surface area contributed by atoms with E-state index in [1.165, 1.54) is 148 Å². The third-order valence-electron chi connectivity index (χ3n) is 12.3. The van der Waals surface area contributed by atoms with Crippen molar-refractivity contribution in [1.29, 1.82) is 0 Å². The summed E-state index contributed by atoms with van der Waals surface area (Å²) >= 11 is 0. The Morgan fingerprint density at radius 2 is 0.646 bits per heavy atom. The average Bonchev–Trinajstić information content (AvgIpc) is 3.30. The first kappa shape index (κ1) is 62.4. The molecular formula is C59H106O6. The lowest BCUT2D eigenvalue weighted by atomic mass is 10.0. The molecular weight excluding hydrogens is 805 g/mol. The number of ether oxygens (including phenoxy) is 3. The van der Waals surface area contributed by atoms with Crippen LogP contribution in [0.5, 0.6) is 0 Å². The standard InChI is InChI=1S/C59H106O6/c1-4-7-10-13-16-19-22-25-27-29-30-31-33-34-37-40-43-46-49-52-58(61)64-55-56(54-63-57(60)51-48-45-42-39-36-24-21-18-15-12-9-6-3)65-59(62)53-50-47-44-41-38-35-32-28-26-23-20-17-14-11-8-5-2/h9,12,18,21,28,32,35,38,56H,4-8,10-11,13-17,19-20,22-27,29-31,33-34,36-37,39-55H2,1-3H3/b12-9-,21-18-,32-28-,38-35-. The zero-order chi connectivity index (χ0) is 47.2. The van der Waals surface area contributed by atoms with Crippen LogP contribution >= 0.6 is 0 Å². The summed E-state index contributed by atoms with van der Waals surface area (Å²) in [4.78, 5) is 38.1. The van der Waals surface area contributed by atoms with E-state index in [9.17, 15) is 14.4 Å². The van der Waals surface area contributed by atoms with E-state index in [0.717, 1.165) is 103 Å². The molecule has 0 aromatic rings. The molecule has 0 aliphatic carbocycles. The highest BCUT2D eigenvalue weighted by molar-refractivity contribution is 5.71. The van der Waals surface area contributed by atoms with Gasteiger partial charge in [-0.05, 0) is 70.6 Å². The molecule has 1 atom stereocenters. The number of unbranched alkanes of at least 4 members (excludes halogenated alkanes) is 33. The Bertz CT molecular complexity index is 1140. The third-order valence-corrected chi connectivity index (χ3v) is 12.3. The Kier molecular flexibility index (Phi) is 51.8. The second-order valence-corrected chi connectivity index (χ2v) is 18.9. The number of allylic oxidation sites excluding steroid dienone is 8. The molecule has 0 fully saturated rings. The Morgan fingerprint density at radius 1 is 0.338 bits per heavy atom. The normalized spacial score (nSPS) is 12.4. The molecule has 65 heavy (non-hydrogen) atoms. The van der Waals surface area contributed by atoms with Crippen LogP contribution in [0.3, 0.4) is 0 Å². The smallest absolute Gasteiger partial charge is 0.306 e. The zero-order valence-corrected chi connectivity index (χ0v) is 43.3. The van der Waals surface area contributed by atoms with E-state index < -0.39 is 6.10 Å². The van der Waals surface area contributed by atoms with Crippen LogP contribution in [0.15, 0.2) is 48.6 Å². The summed E-state index contributed by atoms with van der Waals surface area (Å²) in [6.45, 7) is 6.52. The van der Waals surface area contributed by atoms with Crippen molar-refractivity contribution in [1.82, 2.24) is 0 Å². The first-order chi connectivity index (χ1) is 32.0. The molecule has 0 aromatic heterocycles. The number of hydrogen-bond donors (Lipinski definition) is 0. The van der Waals surface area contributed by atoms with Crippen LogP contribution in [0.1, 0.15) is 290 Å². The van der Waals surface area contributed by atoms with Crippen molar-refractivity contribution in [3.05, 3.63) is 48.6 Å². The van der Waals surface area contributed by atoms with E-state index in [4.69, 9.17) is 14.2 Å². The molecule has 0 aromatic carbocycles. The van der Waals surface area contributed by atoms with Crippen LogP contribution in [0.2, 0.25) is 0 Å². The maximum atomic E-state index is 12.8. The molecule has 6 heteroatoms. The summed E-state index contributed by atoms with van der Waals surface area (Å²) in [6, 6.07) is 0. The van der Waals surface area contributed by atoms with Gasteiger partial charge in [-0.1, -0.05) is 249 Å². The van der Waals surface area contributed by atoms with Gasteiger partial charge in [0.1, 0.15) is 13.2 Å². The highest BCUT2D eigenvalue weighted by Gasteiger charge is 2.19. The minimum atomic E-state index is -0.790. The molecule has 0 heterocycles. The second-order valence-electron chi connectivity index (χ2n) is 18.9. The average molecular weight is 911 g/mol. The van der Waals surface area contributed by atoms with Gasteiger partial charge in [0.15, 0.2) is 6.10 Å². The van der Waals surface area contributed by atoms with E-state index in [1.54, 1.807) is 0 Å². The van der Waals surface area contributed by atoms with Gasteiger partial charge in [-0.15, -0.1) is 0 Å². The molecule has 0 rings (SSSR count). The van der Waals surface area contributed by atoms with Gasteiger partial charge in [-0.25, -0.2) is 0 Å². The topological polar surface area (TPSA) is 78.9 Å². The number of carbonyl (C=O) groups is 3. The molecule has 0 spiro atoms. The summed E-state index contributed by atoms with van der Waals surface area (Å²) in [5.74, 6) is -0.916. The van der Waals surface area contributed by atoms with Crippen LogP contribution < -0.4 is 0 Å². The Hall–Kier alpha value is -2.63. The van der Waals surface area contributed by atoms with Gasteiger partial charge in [0.2, 0.25) is 0 Å². The lowest BCUT2D eigenvalue weighted by molar-refractivity contribution is -0.167. The minimum Gasteiger partial charge on any atom is -0.462 e. The van der Waals surface area contributed by atoms with Crippen molar-refractivity contribution in [2.75, 3.05) is 13.2 Å². The fourth-order valence-electron chi connectivity index (χ4n) is 8.12. The Balaban J connectivity index is 4.35. The largest absolute Gasteiger partial charge is 0.462 e. The molecule has 0 aliphatic heterocycles. The van der Waals surface area contributed by atoms with Gasteiger partial charge in [-0.2, -0.15) is 0 Å². The molecule has 378 valence electrons. The highest BCUT2D eigenvalue weighted by Crippen LogP contribution is 2.16. The SMILES string of the molecule is CC/C=C\C/C=C\CCCCCCCC(=O)OCC(COC(=O)CCCCCCCCCCCCCCCCCCCCC)OC(=O)CCCCC/C=C\C=C/CCCCCCCCC. The maximum Gasteiger partial charge on any atom is 0.306 e. The van der Waals surface area contributed by atoms with E-state index in [1.807, 2.05) is 0 Å². The number of esters is 3. The fraction of sp³-hybridized carbons (Fsp3) is 0.814. The number of rotatable bonds is 51. The van der Waals surface area contributed by atoms with Crippen molar-refractivity contribution in [3.63, 3.8) is 0 Å². The van der Waals surface area contributed by atoms with Gasteiger partial charge in [0.25, 0.3) is 0 Å². The molecule has 1 unspecified atom stereocenters. The van der Waals surface area contributed by atoms with E-state index in [-0.39, 0.29) is 31.1 Å². The first-order valence-corrected chi connectivity index (χ1v) is 28.2. The first-order valence-electron chi connectivity index (χ1n) is 28.2. The molecule has 6 nitrogen and oxygen atoms in total. The van der Waals surface area contributed by atoms with Crippen LogP contribution in [-0.4, -0.2) is 37.2 Å². The number of hydrogen-bond acceptors (Lipinski definition) is 6. The van der Waals surface area contributed by atoms with E-state index in [0.29, 0.717) is 19.3 Å². The molecule has 0 aliphatic rings. The summed E-state index contributed by atoms with van der Waals surface area (Å²) < 4.78 is 16.8. The maximum absolute atomic E-state index is 12.8. The molecule has 0 N–H and O–H groups in total. The monoisotopic (exact) mass is 911 g/mol. The number of carbonyl (C=O) groups excluding carboxylic acids is 3. The molecule has 0 saturated carbocycles. The van der Waals surface area contributed by atoms with Crippen LogP contribution in [0, 0.1) is 0 Å². The molecule has 0 bridgehead atoms. The Morgan fingerprint density at radius 3 is 1.03 bits per heavy atom. The minimum absolute atomic E-state index is 0.0857. The third kappa shape index (κ3) is 52.2. The predicted octanol–water partition coefficient (Wildman–Crippen LogP) is 18.7. The van der Waals surface area contributed by atoms with Gasteiger partial charge < -0.3 is 14.2 Å². The molecule has 0 saturated heterocycles. The lowest BCUT2D eigenvalue weighted by Crippen LogP contribution is -2.30. The van der Waals surface area contributed by atoms with Crippen LogP contribution in [0.4, 0.5) is 0 Å². The van der Waals surface area contributed by atoms with Gasteiger partial charge in [-0.3, -0.25) is 14.4 Å². The molecule has 0 amide bonds. The fourth-order valence-corrected chi connectivity index (χ4v) is 8.12. The summed E-state index contributed by atoms with van der Waals surface area (Å²) in [5, 5.41) is 0. The summed E-state index contributed by atoms with van der Waals surface area (Å²) in [5.41, 5.74) is 0. The van der Waals surface area contributed by atoms with Crippen LogP contribution in [-0.2, 0) is 28.6 Å². The van der Waals surface area contributed by atoms with Crippen molar-refractivity contribution in [2.45, 2.75) is 297 Å². The van der Waals surface area contributed by atoms with Crippen molar-refractivity contribution < 1.29 is 28.6 Å². The predicted molar refractivity (Wildman–Crippen MR) is 279 cm³/mol. The second kappa shape index (κ2) is 54.0. The van der Waals surface area contributed by atoms with Crippen LogP contribution in [0.25, 0.3) is 0 Å². The quantitative estimate of drug-likeness (QED) is 0.0199. The summed E-state index contributed by atoms with van der Waals surface area (Å²) in [7, 11) is 0. The van der Waals surface area contributed by atoms with Gasteiger partial charge in [0, 0.05) is 19.3 Å². The van der Waals surface area contributed by atoms with Gasteiger partial charge >= 0.3 is 17.9 Å². The van der Waals surface area contributed by atoms with Crippen molar-refractivity contribution in [3.8, 4) is 0 Å². The van der Waals surface area contributed by atoms with Gasteiger partial charge in [0.05, 0.1) is 0 Å². The lowest BCUT2D eigenvalue weighted by Gasteiger charge is -2.18. The summed E-state index contributed by atoms with van der Waals surface area (Å²) in [6.07, 6.45) is 65.4. The van der Waals surface area contributed by atoms with E-state index in [2.05, 4.69) is 69.4 Å².